The van der Waals surface area contributed by atoms with Crippen molar-refractivity contribution in [2.24, 2.45) is 0 Å². The third kappa shape index (κ3) is 3.98. The van der Waals surface area contributed by atoms with Gasteiger partial charge in [-0.15, -0.1) is 0 Å². The predicted molar refractivity (Wildman–Crippen MR) is 111 cm³/mol. The summed E-state index contributed by atoms with van der Waals surface area (Å²) < 4.78 is 5.77. The average Bonchev–Trinajstić information content (AvgIpc) is 2.77. The summed E-state index contributed by atoms with van der Waals surface area (Å²) in [6.07, 6.45) is 7.16. The molecule has 5 nitrogen and oxygen atoms in total. The average molecular weight is 380 g/mol. The molecule has 0 aliphatic carbocycles. The van der Waals surface area contributed by atoms with Crippen LogP contribution in [0.3, 0.4) is 0 Å². The molecule has 0 radical (unpaired) electrons. The van der Waals surface area contributed by atoms with Gasteiger partial charge in [-0.25, -0.2) is 4.98 Å². The van der Waals surface area contributed by atoms with Gasteiger partial charge >= 0.3 is 0 Å². The van der Waals surface area contributed by atoms with E-state index in [-0.39, 0.29) is 5.91 Å². The Kier molecular flexibility index (Phi) is 5.79. The molecule has 2 aliphatic heterocycles. The van der Waals surface area contributed by atoms with Gasteiger partial charge in [0.05, 0.1) is 12.2 Å². The van der Waals surface area contributed by atoms with Crippen molar-refractivity contribution in [3.63, 3.8) is 0 Å². The van der Waals surface area contributed by atoms with Gasteiger partial charge in [0, 0.05) is 32.4 Å². The van der Waals surface area contributed by atoms with E-state index in [1.165, 1.54) is 17.5 Å². The summed E-state index contributed by atoms with van der Waals surface area (Å²) in [7, 11) is 0. The molecule has 1 amide bonds. The van der Waals surface area contributed by atoms with Crippen molar-refractivity contribution in [3.05, 3.63) is 53.2 Å². The Morgan fingerprint density at radius 1 is 1.11 bits per heavy atom. The first-order valence-corrected chi connectivity index (χ1v) is 10.5. The lowest BCUT2D eigenvalue weighted by molar-refractivity contribution is 0.0724. The highest BCUT2D eigenvalue weighted by Gasteiger charge is 2.26. The van der Waals surface area contributed by atoms with Crippen LogP contribution in [0.2, 0.25) is 0 Å². The van der Waals surface area contributed by atoms with E-state index in [1.54, 1.807) is 6.20 Å². The summed E-state index contributed by atoms with van der Waals surface area (Å²) in [5.74, 6) is 1.89. The number of pyridine rings is 1. The van der Waals surface area contributed by atoms with E-state index in [4.69, 9.17) is 4.74 Å². The van der Waals surface area contributed by atoms with Crippen molar-refractivity contribution in [2.75, 3.05) is 31.1 Å². The molecule has 3 heterocycles. The zero-order valence-corrected chi connectivity index (χ0v) is 16.7. The molecular weight excluding hydrogens is 350 g/mol. The number of benzene rings is 1. The smallest absolute Gasteiger partial charge is 0.257 e. The number of fused-ring (bicyclic) bond motifs is 1. The van der Waals surface area contributed by atoms with Crippen LogP contribution in [-0.4, -0.2) is 42.0 Å². The minimum atomic E-state index is 0.122. The fraction of sp³-hybridized carbons (Fsp3) is 0.478. The molecular formula is C23H29N3O2. The molecule has 1 aromatic carbocycles. The monoisotopic (exact) mass is 379 g/mol. The van der Waals surface area contributed by atoms with Gasteiger partial charge < -0.3 is 14.5 Å². The molecule has 28 heavy (non-hydrogen) atoms. The second-order valence-electron chi connectivity index (χ2n) is 7.68. The van der Waals surface area contributed by atoms with Crippen molar-refractivity contribution in [3.8, 4) is 5.75 Å². The Bertz CT molecular complexity index is 830. The van der Waals surface area contributed by atoms with Crippen LogP contribution < -0.4 is 9.64 Å². The molecule has 0 atom stereocenters. The molecule has 2 aliphatic rings. The molecule has 0 N–H and O–H groups in total. The normalized spacial score (nSPS) is 16.6. The van der Waals surface area contributed by atoms with Gasteiger partial charge in [0.2, 0.25) is 0 Å². The van der Waals surface area contributed by atoms with Crippen molar-refractivity contribution in [1.82, 2.24) is 9.88 Å². The van der Waals surface area contributed by atoms with Crippen LogP contribution in [-0.2, 0) is 13.0 Å². The van der Waals surface area contributed by atoms with Crippen LogP contribution in [0.25, 0.3) is 0 Å². The first-order chi connectivity index (χ1) is 13.8. The predicted octanol–water partition coefficient (Wildman–Crippen LogP) is 4.06. The molecule has 4 rings (SSSR count). The maximum atomic E-state index is 13.1. The summed E-state index contributed by atoms with van der Waals surface area (Å²) in [5, 5.41) is 0. The minimum absolute atomic E-state index is 0.122. The van der Waals surface area contributed by atoms with Crippen molar-refractivity contribution < 1.29 is 9.53 Å². The van der Waals surface area contributed by atoms with Crippen molar-refractivity contribution in [2.45, 2.75) is 45.6 Å². The van der Waals surface area contributed by atoms with Gasteiger partial charge in [-0.05, 0) is 67.5 Å². The fourth-order valence-corrected chi connectivity index (χ4v) is 4.10. The van der Waals surface area contributed by atoms with E-state index in [2.05, 4.69) is 35.0 Å². The summed E-state index contributed by atoms with van der Waals surface area (Å²) in [4.78, 5) is 21.9. The quantitative estimate of drug-likeness (QED) is 0.786. The molecule has 5 heteroatoms. The molecule has 0 bridgehead atoms. The summed E-state index contributed by atoms with van der Waals surface area (Å²) >= 11 is 0. The molecule has 0 unspecified atom stereocenters. The van der Waals surface area contributed by atoms with E-state index in [0.717, 1.165) is 75.6 Å². The van der Waals surface area contributed by atoms with E-state index < -0.39 is 0 Å². The Labute approximate surface area is 167 Å². The fourth-order valence-electron chi connectivity index (χ4n) is 4.10. The summed E-state index contributed by atoms with van der Waals surface area (Å²) in [5.41, 5.74) is 3.36. The zero-order chi connectivity index (χ0) is 19.3. The SMILES string of the molecule is CCCOc1ccc2c(c1)CCN(c1ncccc1C(=O)N1CCCCC1)C2. The largest absolute Gasteiger partial charge is 0.494 e. The second kappa shape index (κ2) is 8.63. The Balaban J connectivity index is 1.53. The molecule has 0 spiro atoms. The van der Waals surface area contributed by atoms with Crippen molar-refractivity contribution >= 4 is 11.7 Å². The molecule has 2 aromatic rings. The highest BCUT2D eigenvalue weighted by atomic mass is 16.5. The number of nitrogens with zero attached hydrogens (tertiary/aromatic N) is 3. The standard InChI is InChI=1S/C23H29N3O2/c1-2-15-28-20-9-8-19-17-26(14-10-18(19)16-20)22-21(7-6-11-24-22)23(27)25-12-4-3-5-13-25/h6-9,11,16H,2-5,10,12-15,17H2,1H3. The van der Waals surface area contributed by atoms with Crippen molar-refractivity contribution in [1.29, 1.82) is 0 Å². The number of hydrogen-bond acceptors (Lipinski definition) is 4. The third-order valence-corrected chi connectivity index (χ3v) is 5.62. The van der Waals surface area contributed by atoms with Gasteiger partial charge in [-0.1, -0.05) is 13.0 Å². The number of anilines is 1. The Morgan fingerprint density at radius 3 is 2.79 bits per heavy atom. The van der Waals surface area contributed by atoms with Crippen LogP contribution >= 0.6 is 0 Å². The van der Waals surface area contributed by atoms with Crippen LogP contribution in [0.5, 0.6) is 5.75 Å². The van der Waals surface area contributed by atoms with E-state index in [1.807, 2.05) is 17.0 Å². The Hall–Kier alpha value is -2.56. The van der Waals surface area contributed by atoms with E-state index >= 15 is 0 Å². The maximum Gasteiger partial charge on any atom is 0.257 e. The van der Waals surface area contributed by atoms with E-state index in [9.17, 15) is 4.79 Å². The van der Waals surface area contributed by atoms with Crippen LogP contribution in [0.4, 0.5) is 5.82 Å². The molecule has 148 valence electrons. The number of amides is 1. The van der Waals surface area contributed by atoms with Crippen LogP contribution in [0.15, 0.2) is 36.5 Å². The third-order valence-electron chi connectivity index (χ3n) is 5.62. The molecule has 1 aromatic heterocycles. The lowest BCUT2D eigenvalue weighted by Crippen LogP contribution is -2.38. The number of piperidine rings is 1. The van der Waals surface area contributed by atoms with Crippen LogP contribution in [0, 0.1) is 0 Å². The number of likely N-dealkylation sites (tertiary alicyclic amines) is 1. The van der Waals surface area contributed by atoms with Gasteiger partial charge in [-0.2, -0.15) is 0 Å². The first-order valence-electron chi connectivity index (χ1n) is 10.5. The topological polar surface area (TPSA) is 45.7 Å². The summed E-state index contributed by atoms with van der Waals surface area (Å²) in [6, 6.07) is 10.2. The Morgan fingerprint density at radius 2 is 1.96 bits per heavy atom. The lowest BCUT2D eigenvalue weighted by Gasteiger charge is -2.33. The van der Waals surface area contributed by atoms with Gasteiger partial charge in [-0.3, -0.25) is 4.79 Å². The number of aromatic nitrogens is 1. The number of carbonyl (C=O) groups is 1. The van der Waals surface area contributed by atoms with Crippen LogP contribution in [0.1, 0.15) is 54.1 Å². The van der Waals surface area contributed by atoms with Gasteiger partial charge in [0.1, 0.15) is 11.6 Å². The van der Waals surface area contributed by atoms with Gasteiger partial charge in [0.15, 0.2) is 0 Å². The number of hydrogen-bond donors (Lipinski definition) is 0. The first kappa shape index (κ1) is 18.8. The minimum Gasteiger partial charge on any atom is -0.494 e. The number of ether oxygens (including phenoxy) is 1. The zero-order valence-electron chi connectivity index (χ0n) is 16.7. The maximum absolute atomic E-state index is 13.1. The lowest BCUT2D eigenvalue weighted by atomic mass is 9.99. The highest BCUT2D eigenvalue weighted by Crippen LogP contribution is 2.29. The van der Waals surface area contributed by atoms with E-state index in [0.29, 0.717) is 0 Å². The van der Waals surface area contributed by atoms with Gasteiger partial charge in [0.25, 0.3) is 5.91 Å². The summed E-state index contributed by atoms with van der Waals surface area (Å²) in [6.45, 7) is 6.22. The number of carbonyl (C=O) groups excluding carboxylic acids is 1. The second-order valence-corrected chi connectivity index (χ2v) is 7.68. The number of rotatable bonds is 5. The molecule has 1 saturated heterocycles. The molecule has 0 saturated carbocycles. The highest BCUT2D eigenvalue weighted by molar-refractivity contribution is 5.99. The molecule has 1 fully saturated rings.